The van der Waals surface area contributed by atoms with Gasteiger partial charge in [-0.1, -0.05) is 6.07 Å². The molecule has 2 aromatic rings. The second kappa shape index (κ2) is 5.95. The third-order valence-electron chi connectivity index (χ3n) is 2.25. The first-order valence-electron chi connectivity index (χ1n) is 5.04. The Labute approximate surface area is 124 Å². The van der Waals surface area contributed by atoms with Crippen molar-refractivity contribution in [1.82, 2.24) is 5.32 Å². The molecule has 18 heavy (non-hydrogen) atoms. The molecule has 0 bridgehead atoms. The van der Waals surface area contributed by atoms with Crippen molar-refractivity contribution in [2.45, 2.75) is 6.54 Å². The lowest BCUT2D eigenvalue weighted by Crippen LogP contribution is -2.22. The van der Waals surface area contributed by atoms with Crippen LogP contribution in [0.4, 0.5) is 4.39 Å². The maximum Gasteiger partial charge on any atom is 0.252 e. The van der Waals surface area contributed by atoms with E-state index in [0.29, 0.717) is 12.1 Å². The molecule has 0 aliphatic carbocycles. The molecule has 0 spiro atoms. The van der Waals surface area contributed by atoms with Gasteiger partial charge in [0.15, 0.2) is 0 Å². The number of carbonyl (C=O) groups excluding carboxylic acids is 1. The predicted molar refractivity (Wildman–Crippen MR) is 77.3 cm³/mol. The van der Waals surface area contributed by atoms with E-state index in [0.717, 1.165) is 8.66 Å². The van der Waals surface area contributed by atoms with Crippen molar-refractivity contribution in [3.8, 4) is 0 Å². The molecule has 0 saturated heterocycles. The Morgan fingerprint density at radius 3 is 2.72 bits per heavy atom. The lowest BCUT2D eigenvalue weighted by molar-refractivity contribution is 0.0950. The van der Waals surface area contributed by atoms with Gasteiger partial charge in [-0.25, -0.2) is 4.39 Å². The lowest BCUT2D eigenvalue weighted by atomic mass is 10.2. The zero-order valence-corrected chi connectivity index (χ0v) is 13.0. The summed E-state index contributed by atoms with van der Waals surface area (Å²) in [4.78, 5) is 12.9. The fourth-order valence-corrected chi connectivity index (χ4v) is 3.26. The molecule has 0 radical (unpaired) electrons. The minimum Gasteiger partial charge on any atom is -0.347 e. The second-order valence-corrected chi connectivity index (χ2v) is 6.83. The normalized spacial score (nSPS) is 10.4. The van der Waals surface area contributed by atoms with Crippen molar-refractivity contribution < 1.29 is 9.18 Å². The fraction of sp³-hybridized carbons (Fsp3) is 0.0833. The summed E-state index contributed by atoms with van der Waals surface area (Å²) < 4.78 is 14.5. The van der Waals surface area contributed by atoms with Crippen LogP contribution >= 0.6 is 43.2 Å². The van der Waals surface area contributed by atoms with Gasteiger partial charge in [0, 0.05) is 4.88 Å². The maximum atomic E-state index is 13.3. The summed E-state index contributed by atoms with van der Waals surface area (Å²) in [6.45, 7) is 0.429. The Hall–Kier alpha value is -0.720. The van der Waals surface area contributed by atoms with Gasteiger partial charge in [0.1, 0.15) is 5.82 Å². The highest BCUT2D eigenvalue weighted by Crippen LogP contribution is 2.23. The largest absolute Gasteiger partial charge is 0.347 e. The number of thiophene rings is 1. The Balaban J connectivity index is 2.06. The van der Waals surface area contributed by atoms with Crippen molar-refractivity contribution in [2.24, 2.45) is 0 Å². The number of amides is 1. The van der Waals surface area contributed by atoms with E-state index in [4.69, 9.17) is 0 Å². The van der Waals surface area contributed by atoms with E-state index in [2.05, 4.69) is 37.2 Å². The second-order valence-electron chi connectivity index (χ2n) is 3.49. The number of hydrogen-bond acceptors (Lipinski definition) is 2. The quantitative estimate of drug-likeness (QED) is 0.826. The predicted octanol–water partition coefficient (Wildman–Crippen LogP) is 4.34. The molecule has 1 aromatic carbocycles. The topological polar surface area (TPSA) is 29.1 Å². The van der Waals surface area contributed by atoms with Crippen LogP contribution in [0, 0.1) is 5.82 Å². The SMILES string of the molecule is O=C(NCc1ccc(Br)s1)c1cccc(F)c1Br. The molecule has 0 unspecified atom stereocenters. The smallest absolute Gasteiger partial charge is 0.252 e. The van der Waals surface area contributed by atoms with Gasteiger partial charge in [0.2, 0.25) is 0 Å². The minimum atomic E-state index is -0.443. The molecule has 1 amide bonds. The van der Waals surface area contributed by atoms with Gasteiger partial charge in [0.25, 0.3) is 5.91 Å². The number of carbonyl (C=O) groups is 1. The number of nitrogens with one attached hydrogen (secondary N) is 1. The van der Waals surface area contributed by atoms with Crippen molar-refractivity contribution in [2.75, 3.05) is 0 Å². The van der Waals surface area contributed by atoms with E-state index in [1.54, 1.807) is 17.4 Å². The summed E-state index contributed by atoms with van der Waals surface area (Å²) >= 11 is 7.97. The van der Waals surface area contributed by atoms with Gasteiger partial charge >= 0.3 is 0 Å². The van der Waals surface area contributed by atoms with Crippen LogP contribution in [0.3, 0.4) is 0 Å². The minimum absolute atomic E-state index is 0.190. The van der Waals surface area contributed by atoms with Crippen LogP contribution in [0.1, 0.15) is 15.2 Å². The van der Waals surface area contributed by atoms with Crippen LogP contribution in [0.2, 0.25) is 0 Å². The molecule has 2 rings (SSSR count). The molecule has 94 valence electrons. The first-order valence-corrected chi connectivity index (χ1v) is 7.44. The molecule has 0 aliphatic rings. The van der Waals surface area contributed by atoms with Gasteiger partial charge in [-0.15, -0.1) is 11.3 Å². The number of rotatable bonds is 3. The molecule has 0 aliphatic heterocycles. The highest BCUT2D eigenvalue weighted by Gasteiger charge is 2.12. The Bertz CT molecular complexity index is 585. The summed E-state index contributed by atoms with van der Waals surface area (Å²) in [6.07, 6.45) is 0. The van der Waals surface area contributed by atoms with Gasteiger partial charge in [-0.3, -0.25) is 4.79 Å². The third-order valence-corrected chi connectivity index (χ3v) is 4.68. The van der Waals surface area contributed by atoms with Gasteiger partial charge < -0.3 is 5.32 Å². The lowest BCUT2D eigenvalue weighted by Gasteiger charge is -2.06. The monoisotopic (exact) mass is 391 g/mol. The molecule has 6 heteroatoms. The van der Waals surface area contributed by atoms with Crippen LogP contribution in [0.15, 0.2) is 38.6 Å². The molecule has 1 heterocycles. The van der Waals surface area contributed by atoms with Crippen LogP contribution in [-0.2, 0) is 6.54 Å². The maximum absolute atomic E-state index is 13.3. The summed E-state index contributed by atoms with van der Waals surface area (Å²) in [5.41, 5.74) is 0.297. The third kappa shape index (κ3) is 3.18. The molecular weight excluding hydrogens is 385 g/mol. The molecule has 0 atom stereocenters. The highest BCUT2D eigenvalue weighted by molar-refractivity contribution is 9.11. The Morgan fingerprint density at radius 1 is 1.28 bits per heavy atom. The molecule has 1 N–H and O–H groups in total. The number of benzene rings is 1. The Kier molecular flexibility index (Phi) is 4.53. The first kappa shape index (κ1) is 13.7. The van der Waals surface area contributed by atoms with E-state index >= 15 is 0 Å². The standard InChI is InChI=1S/C12H8Br2FNOS/c13-10-5-4-7(18-10)6-16-12(17)8-2-1-3-9(15)11(8)14/h1-5H,6H2,(H,16,17). The van der Waals surface area contributed by atoms with Crippen LogP contribution in [0.5, 0.6) is 0 Å². The molecular formula is C12H8Br2FNOS. The fourth-order valence-electron chi connectivity index (χ4n) is 1.39. The number of halogens is 3. The molecule has 2 nitrogen and oxygen atoms in total. The number of hydrogen-bond donors (Lipinski definition) is 1. The van der Waals surface area contributed by atoms with Gasteiger partial charge in [-0.05, 0) is 56.1 Å². The van der Waals surface area contributed by atoms with Crippen LogP contribution in [-0.4, -0.2) is 5.91 Å². The van der Waals surface area contributed by atoms with Crippen LogP contribution in [0.25, 0.3) is 0 Å². The van der Waals surface area contributed by atoms with E-state index in [-0.39, 0.29) is 10.4 Å². The highest BCUT2D eigenvalue weighted by atomic mass is 79.9. The van der Waals surface area contributed by atoms with E-state index in [1.807, 2.05) is 12.1 Å². The van der Waals surface area contributed by atoms with E-state index in [1.165, 1.54) is 12.1 Å². The molecule has 0 saturated carbocycles. The van der Waals surface area contributed by atoms with E-state index in [9.17, 15) is 9.18 Å². The summed E-state index contributed by atoms with van der Waals surface area (Å²) in [6, 6.07) is 8.24. The zero-order chi connectivity index (χ0) is 13.1. The van der Waals surface area contributed by atoms with Crippen molar-refractivity contribution in [3.05, 3.63) is 54.8 Å². The average Bonchev–Trinajstić information content (AvgIpc) is 2.76. The summed E-state index contributed by atoms with van der Waals surface area (Å²) in [5.74, 6) is -0.743. The Morgan fingerprint density at radius 2 is 2.06 bits per heavy atom. The summed E-state index contributed by atoms with van der Waals surface area (Å²) in [5, 5.41) is 2.75. The van der Waals surface area contributed by atoms with E-state index < -0.39 is 5.82 Å². The van der Waals surface area contributed by atoms with Crippen LogP contribution < -0.4 is 5.32 Å². The van der Waals surface area contributed by atoms with Crippen molar-refractivity contribution in [1.29, 1.82) is 0 Å². The van der Waals surface area contributed by atoms with Gasteiger partial charge in [0.05, 0.1) is 20.4 Å². The summed E-state index contributed by atoms with van der Waals surface area (Å²) in [7, 11) is 0. The molecule has 0 fully saturated rings. The van der Waals surface area contributed by atoms with Gasteiger partial charge in [-0.2, -0.15) is 0 Å². The zero-order valence-electron chi connectivity index (χ0n) is 9.04. The van der Waals surface area contributed by atoms with Crippen molar-refractivity contribution >= 4 is 49.1 Å². The molecule has 1 aromatic heterocycles. The van der Waals surface area contributed by atoms with Crippen molar-refractivity contribution in [3.63, 3.8) is 0 Å². The first-order chi connectivity index (χ1) is 8.58. The average molecular weight is 393 g/mol.